The maximum atomic E-state index is 11.5. The number of rotatable bonds is 7. The normalized spacial score (nSPS) is 15.4. The van der Waals surface area contributed by atoms with Gasteiger partial charge in [-0.1, -0.05) is 13.8 Å². The second kappa shape index (κ2) is 7.04. The van der Waals surface area contributed by atoms with E-state index in [2.05, 4.69) is 0 Å². The molecule has 0 aliphatic carbocycles. The Kier molecular flexibility index (Phi) is 6.82. The number of Topliss-reactive ketones (excluding diaryl/α,β-unsaturated/α-hetero) is 1. The lowest BCUT2D eigenvalue weighted by atomic mass is 9.97. The van der Waals surface area contributed by atoms with Gasteiger partial charge in [-0.15, -0.1) is 0 Å². The van der Waals surface area contributed by atoms with Crippen LogP contribution < -0.4 is 5.73 Å². The molecule has 0 saturated carbocycles. The Balaban J connectivity index is 3.68. The van der Waals surface area contributed by atoms with Crippen molar-refractivity contribution in [2.24, 2.45) is 11.7 Å². The highest BCUT2D eigenvalue weighted by molar-refractivity contribution is 5.81. The van der Waals surface area contributed by atoms with Crippen LogP contribution in [0.25, 0.3) is 0 Å². The molecular formula is C10H21NO2. The van der Waals surface area contributed by atoms with Crippen molar-refractivity contribution >= 4 is 5.78 Å². The topological polar surface area (TPSA) is 52.3 Å². The number of carbonyl (C=O) groups excluding carboxylic acids is 1. The van der Waals surface area contributed by atoms with Crippen LogP contribution in [0.4, 0.5) is 0 Å². The zero-order valence-corrected chi connectivity index (χ0v) is 8.88. The Hall–Kier alpha value is -0.410. The van der Waals surface area contributed by atoms with E-state index in [-0.39, 0.29) is 17.7 Å². The van der Waals surface area contributed by atoms with Crippen molar-refractivity contribution in [2.45, 2.75) is 39.2 Å². The molecule has 0 aromatic carbocycles. The quantitative estimate of drug-likeness (QED) is 0.654. The van der Waals surface area contributed by atoms with E-state index in [1.807, 2.05) is 13.8 Å². The molecule has 3 nitrogen and oxygen atoms in total. The number of ketones is 1. The molecule has 2 atom stereocenters. The summed E-state index contributed by atoms with van der Waals surface area (Å²) in [5.41, 5.74) is 5.69. The fraction of sp³-hybridized carbons (Fsp3) is 0.900. The molecule has 0 spiro atoms. The number of methoxy groups -OCH3 is 1. The summed E-state index contributed by atoms with van der Waals surface area (Å²) in [6.45, 7) is 4.58. The molecule has 0 aliphatic rings. The molecule has 0 saturated heterocycles. The van der Waals surface area contributed by atoms with Gasteiger partial charge in [0.15, 0.2) is 0 Å². The maximum Gasteiger partial charge on any atom is 0.137 e. The predicted octanol–water partition coefficient (Wildman–Crippen LogP) is 1.36. The van der Waals surface area contributed by atoms with Crippen LogP contribution in [0.15, 0.2) is 0 Å². The Morgan fingerprint density at radius 1 is 1.54 bits per heavy atom. The van der Waals surface area contributed by atoms with Gasteiger partial charge in [-0.3, -0.25) is 4.79 Å². The van der Waals surface area contributed by atoms with Crippen LogP contribution in [0, 0.1) is 5.92 Å². The molecule has 0 bridgehead atoms. The summed E-state index contributed by atoms with van der Waals surface area (Å²) in [5.74, 6) is 0.337. The van der Waals surface area contributed by atoms with Crippen LogP contribution in [-0.4, -0.2) is 25.5 Å². The molecule has 0 aromatic heterocycles. The third-order valence-electron chi connectivity index (χ3n) is 2.29. The molecule has 0 radical (unpaired) electrons. The second-order valence-electron chi connectivity index (χ2n) is 3.52. The minimum atomic E-state index is 0.0255. The zero-order valence-electron chi connectivity index (χ0n) is 8.88. The Bertz CT molecular complexity index is 148. The first-order valence-electron chi connectivity index (χ1n) is 4.89. The summed E-state index contributed by atoms with van der Waals surface area (Å²) in [7, 11) is 1.65. The van der Waals surface area contributed by atoms with Crippen molar-refractivity contribution < 1.29 is 9.53 Å². The van der Waals surface area contributed by atoms with Crippen molar-refractivity contribution in [3.63, 3.8) is 0 Å². The van der Waals surface area contributed by atoms with Crippen LogP contribution in [0.5, 0.6) is 0 Å². The van der Waals surface area contributed by atoms with Crippen molar-refractivity contribution in [3.8, 4) is 0 Å². The molecule has 0 fully saturated rings. The standard InChI is InChI=1S/C10H21NO2/c1-4-9(11)7-10(12)8(2)5-6-13-3/h8-9H,4-7,11H2,1-3H3. The number of nitrogens with two attached hydrogens (primary N) is 1. The number of hydrogen-bond donors (Lipinski definition) is 1. The lowest BCUT2D eigenvalue weighted by Crippen LogP contribution is -2.26. The Morgan fingerprint density at radius 2 is 2.15 bits per heavy atom. The zero-order chi connectivity index (χ0) is 10.3. The molecule has 78 valence electrons. The van der Waals surface area contributed by atoms with Crippen molar-refractivity contribution in [1.82, 2.24) is 0 Å². The SMILES string of the molecule is CCC(N)CC(=O)C(C)CCOC. The van der Waals surface area contributed by atoms with E-state index in [1.54, 1.807) is 7.11 Å². The van der Waals surface area contributed by atoms with Crippen molar-refractivity contribution in [3.05, 3.63) is 0 Å². The van der Waals surface area contributed by atoms with E-state index in [9.17, 15) is 4.79 Å². The van der Waals surface area contributed by atoms with Crippen LogP contribution in [0.3, 0.4) is 0 Å². The van der Waals surface area contributed by atoms with E-state index in [1.165, 1.54) is 0 Å². The van der Waals surface area contributed by atoms with E-state index in [4.69, 9.17) is 10.5 Å². The number of ether oxygens (including phenoxy) is 1. The van der Waals surface area contributed by atoms with Gasteiger partial charge in [0.2, 0.25) is 0 Å². The smallest absolute Gasteiger partial charge is 0.137 e. The van der Waals surface area contributed by atoms with Crippen LogP contribution in [0.1, 0.15) is 33.1 Å². The highest BCUT2D eigenvalue weighted by Crippen LogP contribution is 2.08. The average Bonchev–Trinajstić information content (AvgIpc) is 2.13. The molecule has 13 heavy (non-hydrogen) atoms. The third-order valence-corrected chi connectivity index (χ3v) is 2.29. The number of carbonyl (C=O) groups is 1. The fourth-order valence-corrected chi connectivity index (χ4v) is 1.06. The number of hydrogen-bond acceptors (Lipinski definition) is 3. The highest BCUT2D eigenvalue weighted by Gasteiger charge is 2.14. The van der Waals surface area contributed by atoms with Gasteiger partial charge < -0.3 is 10.5 Å². The summed E-state index contributed by atoms with van der Waals surface area (Å²) in [6, 6.07) is 0.0255. The van der Waals surface area contributed by atoms with Gasteiger partial charge >= 0.3 is 0 Å². The summed E-state index contributed by atoms with van der Waals surface area (Å²) >= 11 is 0. The molecule has 0 amide bonds. The molecule has 2 unspecified atom stereocenters. The molecular weight excluding hydrogens is 166 g/mol. The summed E-state index contributed by atoms with van der Waals surface area (Å²) in [4.78, 5) is 11.5. The van der Waals surface area contributed by atoms with Gasteiger partial charge in [-0.2, -0.15) is 0 Å². The molecule has 0 aliphatic heterocycles. The van der Waals surface area contributed by atoms with Crippen LogP contribution in [0.2, 0.25) is 0 Å². The van der Waals surface area contributed by atoms with Crippen molar-refractivity contribution in [2.75, 3.05) is 13.7 Å². The minimum Gasteiger partial charge on any atom is -0.385 e. The largest absolute Gasteiger partial charge is 0.385 e. The van der Waals surface area contributed by atoms with Gasteiger partial charge in [0, 0.05) is 32.1 Å². The lowest BCUT2D eigenvalue weighted by Gasteiger charge is -2.12. The van der Waals surface area contributed by atoms with Gasteiger partial charge in [0.05, 0.1) is 0 Å². The summed E-state index contributed by atoms with van der Waals surface area (Å²) < 4.78 is 4.91. The molecule has 0 aromatic rings. The van der Waals surface area contributed by atoms with Crippen LogP contribution >= 0.6 is 0 Å². The van der Waals surface area contributed by atoms with Crippen molar-refractivity contribution in [1.29, 1.82) is 0 Å². The molecule has 0 rings (SSSR count). The monoisotopic (exact) mass is 187 g/mol. The van der Waals surface area contributed by atoms with E-state index < -0.39 is 0 Å². The summed E-state index contributed by atoms with van der Waals surface area (Å²) in [6.07, 6.45) is 2.16. The predicted molar refractivity (Wildman–Crippen MR) is 53.5 cm³/mol. The van der Waals surface area contributed by atoms with Crippen LogP contribution in [-0.2, 0) is 9.53 Å². The average molecular weight is 187 g/mol. The van der Waals surface area contributed by atoms with Gasteiger partial charge in [0.25, 0.3) is 0 Å². The Labute approximate surface area is 80.6 Å². The van der Waals surface area contributed by atoms with E-state index >= 15 is 0 Å². The van der Waals surface area contributed by atoms with E-state index in [0.717, 1.165) is 12.8 Å². The highest BCUT2D eigenvalue weighted by atomic mass is 16.5. The van der Waals surface area contributed by atoms with E-state index in [0.29, 0.717) is 13.0 Å². The molecule has 3 heteroatoms. The molecule has 0 heterocycles. The second-order valence-corrected chi connectivity index (χ2v) is 3.52. The third kappa shape index (κ3) is 5.77. The lowest BCUT2D eigenvalue weighted by molar-refractivity contribution is -0.123. The summed E-state index contributed by atoms with van der Waals surface area (Å²) in [5, 5.41) is 0. The first-order chi connectivity index (χ1) is 6.11. The van der Waals surface area contributed by atoms with Gasteiger partial charge in [-0.05, 0) is 12.8 Å². The van der Waals surface area contributed by atoms with Gasteiger partial charge in [0.1, 0.15) is 5.78 Å². The maximum absolute atomic E-state index is 11.5. The first-order valence-corrected chi connectivity index (χ1v) is 4.89. The fourth-order valence-electron chi connectivity index (χ4n) is 1.06. The molecule has 2 N–H and O–H groups in total. The Morgan fingerprint density at radius 3 is 2.62 bits per heavy atom. The minimum absolute atomic E-state index is 0.0255. The first kappa shape index (κ1) is 12.6. The van der Waals surface area contributed by atoms with Gasteiger partial charge in [-0.25, -0.2) is 0 Å².